The highest BCUT2D eigenvalue weighted by Crippen LogP contribution is 2.26. The van der Waals surface area contributed by atoms with Crippen LogP contribution in [0.25, 0.3) is 11.0 Å². The Morgan fingerprint density at radius 1 is 1.32 bits per heavy atom. The molecule has 1 saturated heterocycles. The summed E-state index contributed by atoms with van der Waals surface area (Å²) >= 11 is 3.48. The minimum absolute atomic E-state index is 0.109. The van der Waals surface area contributed by atoms with E-state index in [4.69, 9.17) is 0 Å². The minimum atomic E-state index is 0.109. The third-order valence-electron chi connectivity index (χ3n) is 3.35. The van der Waals surface area contributed by atoms with Crippen LogP contribution >= 0.6 is 15.9 Å². The van der Waals surface area contributed by atoms with E-state index in [9.17, 15) is 4.79 Å². The highest BCUT2D eigenvalue weighted by Gasteiger charge is 2.29. The van der Waals surface area contributed by atoms with E-state index in [1.807, 2.05) is 32.0 Å². The van der Waals surface area contributed by atoms with Crippen molar-refractivity contribution in [1.29, 1.82) is 0 Å². The summed E-state index contributed by atoms with van der Waals surface area (Å²) in [5.41, 5.74) is 2.81. The van der Waals surface area contributed by atoms with Crippen LogP contribution in [-0.4, -0.2) is 27.2 Å². The van der Waals surface area contributed by atoms with Crippen molar-refractivity contribution < 1.29 is 4.79 Å². The van der Waals surface area contributed by atoms with E-state index in [1.165, 1.54) is 0 Å². The topological polar surface area (TPSA) is 46.1 Å². The van der Waals surface area contributed by atoms with E-state index in [-0.39, 0.29) is 10.7 Å². The first-order valence-electron chi connectivity index (χ1n) is 6.24. The van der Waals surface area contributed by atoms with Crippen molar-refractivity contribution in [1.82, 2.24) is 9.97 Å². The Bertz CT molecular complexity index is 671. The summed E-state index contributed by atoms with van der Waals surface area (Å²) < 4.78 is 0. The number of anilines is 1. The molecule has 4 nitrogen and oxygen atoms in total. The zero-order chi connectivity index (χ0) is 13.6. The van der Waals surface area contributed by atoms with Crippen molar-refractivity contribution in [2.24, 2.45) is 0 Å². The molecular weight excluding hydrogens is 306 g/mol. The van der Waals surface area contributed by atoms with Crippen LogP contribution in [-0.2, 0) is 4.79 Å². The normalized spacial score (nSPS) is 19.4. The molecule has 0 spiro atoms. The number of hydrogen-bond donors (Lipinski definition) is 0. The number of pyridine rings is 2. The highest BCUT2D eigenvalue weighted by atomic mass is 79.9. The zero-order valence-electron chi connectivity index (χ0n) is 10.9. The van der Waals surface area contributed by atoms with E-state index in [0.29, 0.717) is 24.4 Å². The molecule has 1 fully saturated rings. The number of carbonyl (C=O) groups excluding carboxylic acids is 1. The molecular formula is C14H14BrN3O. The van der Waals surface area contributed by atoms with Crippen LogP contribution in [0.15, 0.2) is 18.2 Å². The lowest BCUT2D eigenvalue weighted by Crippen LogP contribution is -2.25. The molecule has 3 heterocycles. The highest BCUT2D eigenvalue weighted by molar-refractivity contribution is 9.09. The average Bonchev–Trinajstić information content (AvgIpc) is 2.67. The van der Waals surface area contributed by atoms with Gasteiger partial charge in [-0.2, -0.15) is 0 Å². The third kappa shape index (κ3) is 2.23. The first-order valence-corrected chi connectivity index (χ1v) is 7.15. The second kappa shape index (κ2) is 4.56. The third-order valence-corrected chi connectivity index (χ3v) is 3.96. The van der Waals surface area contributed by atoms with Gasteiger partial charge in [0.15, 0.2) is 5.65 Å². The Hall–Kier alpha value is -1.49. The van der Waals surface area contributed by atoms with E-state index in [0.717, 1.165) is 16.6 Å². The van der Waals surface area contributed by atoms with Crippen molar-refractivity contribution >= 4 is 38.7 Å². The summed E-state index contributed by atoms with van der Waals surface area (Å²) in [5, 5.41) is 1.04. The molecule has 0 radical (unpaired) electrons. The molecule has 0 saturated carbocycles. The maximum Gasteiger partial charge on any atom is 0.229 e. The van der Waals surface area contributed by atoms with Gasteiger partial charge >= 0.3 is 0 Å². The van der Waals surface area contributed by atoms with Crippen molar-refractivity contribution in [3.63, 3.8) is 0 Å². The number of alkyl halides is 1. The fraction of sp³-hybridized carbons (Fsp3) is 0.357. The second-order valence-corrected chi connectivity index (χ2v) is 6.22. The molecule has 0 bridgehead atoms. The van der Waals surface area contributed by atoms with E-state index < -0.39 is 0 Å². The summed E-state index contributed by atoms with van der Waals surface area (Å²) in [6.45, 7) is 4.67. The predicted octanol–water partition coefficient (Wildman–Crippen LogP) is 2.75. The number of nitrogens with zero attached hydrogens (tertiary/aromatic N) is 3. The van der Waals surface area contributed by atoms with Crippen LogP contribution in [0.3, 0.4) is 0 Å². The Kier molecular flexibility index (Phi) is 3.01. The lowest BCUT2D eigenvalue weighted by Gasteiger charge is -2.15. The number of aromatic nitrogens is 2. The number of amides is 1. The molecule has 0 aliphatic carbocycles. The maximum atomic E-state index is 11.9. The molecule has 2 aromatic rings. The first-order chi connectivity index (χ1) is 9.04. The molecule has 1 unspecified atom stereocenters. The minimum Gasteiger partial charge on any atom is -0.296 e. The van der Waals surface area contributed by atoms with E-state index >= 15 is 0 Å². The van der Waals surface area contributed by atoms with Crippen LogP contribution < -0.4 is 4.90 Å². The summed E-state index contributed by atoms with van der Waals surface area (Å²) in [6, 6.07) is 5.93. The molecule has 5 heteroatoms. The molecule has 1 amide bonds. The van der Waals surface area contributed by atoms with Crippen LogP contribution in [0.4, 0.5) is 5.82 Å². The average molecular weight is 320 g/mol. The Labute approximate surface area is 120 Å². The number of hydrogen-bond acceptors (Lipinski definition) is 3. The van der Waals surface area contributed by atoms with Crippen LogP contribution in [0, 0.1) is 13.8 Å². The summed E-state index contributed by atoms with van der Waals surface area (Å²) in [7, 11) is 0. The Morgan fingerprint density at radius 2 is 2.11 bits per heavy atom. The van der Waals surface area contributed by atoms with Gasteiger partial charge in [0.05, 0.1) is 0 Å². The quantitative estimate of drug-likeness (QED) is 0.759. The Balaban J connectivity index is 2.09. The fourth-order valence-electron chi connectivity index (χ4n) is 2.46. The lowest BCUT2D eigenvalue weighted by molar-refractivity contribution is -0.117. The van der Waals surface area contributed by atoms with Gasteiger partial charge in [0, 0.05) is 28.9 Å². The molecule has 1 aliphatic heterocycles. The zero-order valence-corrected chi connectivity index (χ0v) is 12.4. The lowest BCUT2D eigenvalue weighted by atomic mass is 10.1. The van der Waals surface area contributed by atoms with Gasteiger partial charge in [-0.25, -0.2) is 9.97 Å². The number of halogens is 1. The van der Waals surface area contributed by atoms with Crippen LogP contribution in [0.2, 0.25) is 0 Å². The largest absolute Gasteiger partial charge is 0.296 e. The van der Waals surface area contributed by atoms with Gasteiger partial charge in [-0.1, -0.05) is 15.9 Å². The predicted molar refractivity (Wildman–Crippen MR) is 78.7 cm³/mol. The SMILES string of the molecule is Cc1cc(C)c2ccc(N3CC(Br)CC3=O)nc2n1. The van der Waals surface area contributed by atoms with Crippen LogP contribution in [0.5, 0.6) is 0 Å². The van der Waals surface area contributed by atoms with Crippen molar-refractivity contribution in [3.05, 3.63) is 29.5 Å². The van der Waals surface area contributed by atoms with Crippen molar-refractivity contribution in [3.8, 4) is 0 Å². The number of rotatable bonds is 1. The molecule has 98 valence electrons. The molecule has 19 heavy (non-hydrogen) atoms. The smallest absolute Gasteiger partial charge is 0.229 e. The van der Waals surface area contributed by atoms with E-state index in [2.05, 4.69) is 25.9 Å². The van der Waals surface area contributed by atoms with Gasteiger partial charge in [-0.3, -0.25) is 9.69 Å². The molecule has 0 aromatic carbocycles. The van der Waals surface area contributed by atoms with E-state index in [1.54, 1.807) is 4.90 Å². The molecule has 2 aromatic heterocycles. The Morgan fingerprint density at radius 3 is 2.79 bits per heavy atom. The van der Waals surface area contributed by atoms with Gasteiger partial charge in [-0.15, -0.1) is 0 Å². The molecule has 1 atom stereocenters. The second-order valence-electron chi connectivity index (χ2n) is 4.93. The number of carbonyl (C=O) groups is 1. The number of aryl methyl sites for hydroxylation is 2. The van der Waals surface area contributed by atoms with Crippen molar-refractivity contribution in [2.45, 2.75) is 25.1 Å². The van der Waals surface area contributed by atoms with Gasteiger partial charge in [0.25, 0.3) is 0 Å². The molecule has 3 rings (SSSR count). The maximum absolute atomic E-state index is 11.9. The molecule has 1 aliphatic rings. The first kappa shape index (κ1) is 12.5. The number of fused-ring (bicyclic) bond motifs is 1. The van der Waals surface area contributed by atoms with Crippen LogP contribution in [0.1, 0.15) is 17.7 Å². The van der Waals surface area contributed by atoms with Gasteiger partial charge in [-0.05, 0) is 37.6 Å². The standard InChI is InChI=1S/C14H14BrN3O/c1-8-5-9(2)16-14-11(8)3-4-12(17-14)18-7-10(15)6-13(18)19/h3-5,10H,6-7H2,1-2H3. The van der Waals surface area contributed by atoms with Gasteiger partial charge in [0.2, 0.25) is 5.91 Å². The van der Waals surface area contributed by atoms with Gasteiger partial charge in [0.1, 0.15) is 5.82 Å². The summed E-state index contributed by atoms with van der Waals surface area (Å²) in [4.78, 5) is 22.8. The summed E-state index contributed by atoms with van der Waals surface area (Å²) in [6.07, 6.45) is 0.528. The monoisotopic (exact) mass is 319 g/mol. The van der Waals surface area contributed by atoms with Crippen molar-refractivity contribution in [2.75, 3.05) is 11.4 Å². The van der Waals surface area contributed by atoms with Gasteiger partial charge < -0.3 is 0 Å². The molecule has 0 N–H and O–H groups in total. The summed E-state index contributed by atoms with van der Waals surface area (Å²) in [5.74, 6) is 0.801. The fourth-order valence-corrected chi connectivity index (χ4v) is 3.02.